The van der Waals surface area contributed by atoms with Crippen molar-refractivity contribution in [3.8, 4) is 0 Å². The molecule has 0 radical (unpaired) electrons. The van der Waals surface area contributed by atoms with Crippen LogP contribution in [0.1, 0.15) is 16.7 Å². The SMILES string of the molecule is Cc1ccc(S(=O)CC(O)(c2ccccc2)c2ccccc2)cc1. The van der Waals surface area contributed by atoms with Gasteiger partial charge in [0.05, 0.1) is 16.6 Å². The summed E-state index contributed by atoms with van der Waals surface area (Å²) in [5, 5.41) is 11.4. The van der Waals surface area contributed by atoms with E-state index < -0.39 is 16.4 Å². The average molecular weight is 336 g/mol. The molecule has 0 amide bonds. The molecule has 3 heteroatoms. The summed E-state index contributed by atoms with van der Waals surface area (Å²) in [6.07, 6.45) is 0. The van der Waals surface area contributed by atoms with Crippen molar-refractivity contribution in [1.29, 1.82) is 0 Å². The molecule has 0 bridgehead atoms. The standard InChI is InChI=1S/C21H20O2S/c1-17-12-14-20(15-13-17)24(23)16-21(22,18-8-4-2-5-9-18)19-10-6-3-7-11-19/h2-15,22H,16H2,1H3. The minimum absolute atomic E-state index is 0.115. The van der Waals surface area contributed by atoms with Crippen molar-refractivity contribution in [2.75, 3.05) is 5.75 Å². The molecule has 1 N–H and O–H groups in total. The average Bonchev–Trinajstić information content (AvgIpc) is 2.63. The quantitative estimate of drug-likeness (QED) is 0.763. The molecule has 0 spiro atoms. The van der Waals surface area contributed by atoms with Crippen LogP contribution in [0.2, 0.25) is 0 Å². The maximum atomic E-state index is 12.9. The van der Waals surface area contributed by atoms with E-state index in [2.05, 4.69) is 0 Å². The molecule has 3 rings (SSSR count). The third-order valence-corrected chi connectivity index (χ3v) is 5.60. The molecule has 0 saturated heterocycles. The summed E-state index contributed by atoms with van der Waals surface area (Å²) in [6, 6.07) is 26.5. The largest absolute Gasteiger partial charge is 0.379 e. The van der Waals surface area contributed by atoms with E-state index >= 15 is 0 Å². The van der Waals surface area contributed by atoms with Crippen LogP contribution in [0.5, 0.6) is 0 Å². The van der Waals surface area contributed by atoms with Crippen molar-refractivity contribution in [3.05, 3.63) is 102 Å². The van der Waals surface area contributed by atoms with Crippen molar-refractivity contribution < 1.29 is 9.32 Å². The van der Waals surface area contributed by atoms with Gasteiger partial charge in [-0.3, -0.25) is 4.21 Å². The van der Waals surface area contributed by atoms with Crippen molar-refractivity contribution >= 4 is 10.8 Å². The van der Waals surface area contributed by atoms with E-state index in [0.717, 1.165) is 21.6 Å². The summed E-state index contributed by atoms with van der Waals surface area (Å²) in [4.78, 5) is 0.728. The van der Waals surface area contributed by atoms with Gasteiger partial charge in [0.2, 0.25) is 0 Å². The normalized spacial score (nSPS) is 12.8. The van der Waals surface area contributed by atoms with Gasteiger partial charge >= 0.3 is 0 Å². The van der Waals surface area contributed by atoms with E-state index in [9.17, 15) is 9.32 Å². The smallest absolute Gasteiger partial charge is 0.126 e. The lowest BCUT2D eigenvalue weighted by atomic mass is 9.88. The van der Waals surface area contributed by atoms with Gasteiger partial charge in [-0.1, -0.05) is 78.4 Å². The lowest BCUT2D eigenvalue weighted by molar-refractivity contribution is 0.106. The topological polar surface area (TPSA) is 37.3 Å². The van der Waals surface area contributed by atoms with Gasteiger partial charge in [0, 0.05) is 4.90 Å². The number of benzene rings is 3. The van der Waals surface area contributed by atoms with Crippen LogP contribution in [-0.4, -0.2) is 15.1 Å². The number of hydrogen-bond donors (Lipinski definition) is 1. The van der Waals surface area contributed by atoms with Crippen LogP contribution in [0.15, 0.2) is 89.8 Å². The van der Waals surface area contributed by atoms with Gasteiger partial charge in [0.1, 0.15) is 5.60 Å². The maximum absolute atomic E-state index is 12.9. The van der Waals surface area contributed by atoms with Gasteiger partial charge in [-0.05, 0) is 30.2 Å². The third-order valence-electron chi connectivity index (χ3n) is 4.13. The van der Waals surface area contributed by atoms with Gasteiger partial charge < -0.3 is 5.11 Å². The fraction of sp³-hybridized carbons (Fsp3) is 0.143. The molecule has 3 aromatic rings. The second kappa shape index (κ2) is 7.12. The number of rotatable bonds is 5. The monoisotopic (exact) mass is 336 g/mol. The molecule has 0 fully saturated rings. The summed E-state index contributed by atoms with van der Waals surface area (Å²) in [5.41, 5.74) is 1.32. The Hall–Kier alpha value is -2.23. The highest BCUT2D eigenvalue weighted by molar-refractivity contribution is 7.85. The second-order valence-corrected chi connectivity index (χ2v) is 7.35. The van der Waals surface area contributed by atoms with E-state index in [1.165, 1.54) is 0 Å². The predicted octanol–water partition coefficient (Wildman–Crippen LogP) is 4.04. The molecule has 0 heterocycles. The lowest BCUT2D eigenvalue weighted by Crippen LogP contribution is -2.33. The molecule has 122 valence electrons. The summed E-state index contributed by atoms with van der Waals surface area (Å²) in [7, 11) is -1.31. The van der Waals surface area contributed by atoms with Gasteiger partial charge in [-0.15, -0.1) is 0 Å². The first-order valence-electron chi connectivity index (χ1n) is 7.88. The van der Waals surface area contributed by atoms with E-state index in [1.807, 2.05) is 91.9 Å². The van der Waals surface area contributed by atoms with E-state index in [0.29, 0.717) is 0 Å². The Morgan fingerprint density at radius 1 is 0.792 bits per heavy atom. The van der Waals surface area contributed by atoms with Gasteiger partial charge in [0.25, 0.3) is 0 Å². The third kappa shape index (κ3) is 3.48. The summed E-state index contributed by atoms with van der Waals surface area (Å²) < 4.78 is 12.9. The van der Waals surface area contributed by atoms with Crippen LogP contribution in [0.4, 0.5) is 0 Å². The van der Waals surface area contributed by atoms with Crippen LogP contribution in [0, 0.1) is 6.92 Å². The Morgan fingerprint density at radius 3 is 1.71 bits per heavy atom. The van der Waals surface area contributed by atoms with Crippen LogP contribution >= 0.6 is 0 Å². The first kappa shape index (κ1) is 16.6. The minimum Gasteiger partial charge on any atom is -0.379 e. The molecule has 0 aliphatic rings. The van der Waals surface area contributed by atoms with Crippen molar-refractivity contribution in [2.24, 2.45) is 0 Å². The maximum Gasteiger partial charge on any atom is 0.126 e. The Bertz CT molecular complexity index is 772. The molecular formula is C21H20O2S. The van der Waals surface area contributed by atoms with Crippen molar-refractivity contribution in [1.82, 2.24) is 0 Å². The van der Waals surface area contributed by atoms with Gasteiger partial charge in [0.15, 0.2) is 0 Å². The summed E-state index contributed by atoms with van der Waals surface area (Å²) >= 11 is 0. The van der Waals surface area contributed by atoms with E-state index in [-0.39, 0.29) is 5.75 Å². The number of aliphatic hydroxyl groups is 1. The molecule has 1 atom stereocenters. The fourth-order valence-electron chi connectivity index (χ4n) is 2.72. The molecule has 2 nitrogen and oxygen atoms in total. The van der Waals surface area contributed by atoms with Crippen LogP contribution < -0.4 is 0 Å². The van der Waals surface area contributed by atoms with Crippen LogP contribution in [0.3, 0.4) is 0 Å². The Labute approximate surface area is 145 Å². The molecule has 0 saturated carbocycles. The van der Waals surface area contributed by atoms with E-state index in [1.54, 1.807) is 0 Å². The first-order chi connectivity index (χ1) is 11.6. The highest BCUT2D eigenvalue weighted by Crippen LogP contribution is 2.31. The highest BCUT2D eigenvalue weighted by Gasteiger charge is 2.33. The molecule has 0 aliphatic heterocycles. The summed E-state index contributed by atoms with van der Waals surface area (Å²) in [5.74, 6) is 0.115. The highest BCUT2D eigenvalue weighted by atomic mass is 32.2. The fourth-order valence-corrected chi connectivity index (χ4v) is 4.04. The van der Waals surface area contributed by atoms with Gasteiger partial charge in [-0.2, -0.15) is 0 Å². The Kier molecular flexibility index (Phi) is 4.93. The van der Waals surface area contributed by atoms with E-state index in [4.69, 9.17) is 0 Å². The molecule has 0 aliphatic carbocycles. The Balaban J connectivity index is 2.00. The number of hydrogen-bond acceptors (Lipinski definition) is 2. The Morgan fingerprint density at radius 2 is 1.25 bits per heavy atom. The zero-order chi connectivity index (χ0) is 17.0. The van der Waals surface area contributed by atoms with Gasteiger partial charge in [-0.25, -0.2) is 0 Å². The van der Waals surface area contributed by atoms with Crippen LogP contribution in [0.25, 0.3) is 0 Å². The van der Waals surface area contributed by atoms with Crippen molar-refractivity contribution in [2.45, 2.75) is 17.4 Å². The molecule has 0 aromatic heterocycles. The second-order valence-electron chi connectivity index (χ2n) is 5.90. The van der Waals surface area contributed by atoms with Crippen molar-refractivity contribution in [3.63, 3.8) is 0 Å². The molecule has 1 unspecified atom stereocenters. The molecule has 3 aromatic carbocycles. The molecule has 24 heavy (non-hydrogen) atoms. The van der Waals surface area contributed by atoms with Crippen LogP contribution in [-0.2, 0) is 16.4 Å². The summed E-state index contributed by atoms with van der Waals surface area (Å²) in [6.45, 7) is 2.00. The number of aryl methyl sites for hydroxylation is 1. The minimum atomic E-state index is -1.31. The molecular weight excluding hydrogens is 316 g/mol. The zero-order valence-electron chi connectivity index (χ0n) is 13.6. The predicted molar refractivity (Wildman–Crippen MR) is 98.3 cm³/mol. The lowest BCUT2D eigenvalue weighted by Gasteiger charge is -2.29. The first-order valence-corrected chi connectivity index (χ1v) is 9.20. The zero-order valence-corrected chi connectivity index (χ0v) is 14.4.